The molecule has 1 saturated carbocycles. The summed E-state index contributed by atoms with van der Waals surface area (Å²) < 4.78 is 11.8. The van der Waals surface area contributed by atoms with Crippen molar-refractivity contribution in [2.75, 3.05) is 18.0 Å². The quantitative estimate of drug-likeness (QED) is 0.520. The third kappa shape index (κ3) is 4.57. The van der Waals surface area contributed by atoms with Crippen molar-refractivity contribution in [2.45, 2.75) is 46.2 Å². The van der Waals surface area contributed by atoms with Crippen molar-refractivity contribution < 1.29 is 13.6 Å². The highest BCUT2D eigenvalue weighted by atomic mass is 35.5. The molecular formula is C23H28Cl2N2O3. The minimum Gasteiger partial charge on any atom is -0.467 e. The Bertz CT molecular complexity index is 893. The van der Waals surface area contributed by atoms with Gasteiger partial charge in [-0.2, -0.15) is 0 Å². The molecule has 2 aromatic rings. The highest BCUT2D eigenvalue weighted by Gasteiger charge is 2.61. The van der Waals surface area contributed by atoms with Crippen molar-refractivity contribution in [2.24, 2.45) is 17.3 Å². The van der Waals surface area contributed by atoms with Crippen molar-refractivity contribution in [3.05, 3.63) is 52.6 Å². The number of amides is 1. The Balaban J connectivity index is 1.51. The summed E-state index contributed by atoms with van der Waals surface area (Å²) in [5, 5.41) is 0. The molecule has 0 aromatic carbocycles. The molecule has 1 amide bonds. The highest BCUT2D eigenvalue weighted by molar-refractivity contribution is 6.55. The van der Waals surface area contributed by atoms with Crippen LogP contribution in [0.5, 0.6) is 0 Å². The molecule has 5 nitrogen and oxygen atoms in total. The monoisotopic (exact) mass is 450 g/mol. The van der Waals surface area contributed by atoms with Gasteiger partial charge in [0.2, 0.25) is 5.91 Å². The van der Waals surface area contributed by atoms with E-state index < -0.39 is 0 Å². The van der Waals surface area contributed by atoms with Crippen LogP contribution >= 0.6 is 23.2 Å². The summed E-state index contributed by atoms with van der Waals surface area (Å²) in [4.78, 5) is 17.6. The predicted octanol–water partition coefficient (Wildman–Crippen LogP) is 5.98. The van der Waals surface area contributed by atoms with E-state index in [1.165, 1.54) is 19.3 Å². The SMILES string of the molecule is CC1(C)C(C=C(Cl)Cl)C1C(=O)N(Cc1ccco1)Cc1ccc(N2CCCCC2)o1. The Morgan fingerprint density at radius 2 is 1.90 bits per heavy atom. The van der Waals surface area contributed by atoms with E-state index in [9.17, 15) is 4.79 Å². The van der Waals surface area contributed by atoms with Gasteiger partial charge in [0.15, 0.2) is 5.88 Å². The Labute approximate surface area is 187 Å². The molecular weight excluding hydrogens is 423 g/mol. The third-order valence-electron chi connectivity index (χ3n) is 6.38. The fraction of sp³-hybridized carbons (Fsp3) is 0.522. The van der Waals surface area contributed by atoms with Gasteiger partial charge in [-0.05, 0) is 54.9 Å². The van der Waals surface area contributed by atoms with E-state index in [1.54, 1.807) is 17.2 Å². The smallest absolute Gasteiger partial charge is 0.227 e. The molecule has 0 N–H and O–H groups in total. The van der Waals surface area contributed by atoms with Gasteiger partial charge in [0, 0.05) is 19.2 Å². The number of nitrogens with zero attached hydrogens (tertiary/aromatic N) is 2. The molecule has 30 heavy (non-hydrogen) atoms. The van der Waals surface area contributed by atoms with E-state index in [1.807, 2.05) is 24.3 Å². The Hall–Kier alpha value is -1.85. The Morgan fingerprint density at radius 1 is 1.17 bits per heavy atom. The van der Waals surface area contributed by atoms with Crippen LogP contribution in [-0.2, 0) is 17.9 Å². The number of piperidine rings is 1. The zero-order valence-corrected chi connectivity index (χ0v) is 19.0. The predicted molar refractivity (Wildman–Crippen MR) is 118 cm³/mol. The standard InChI is InChI=1S/C23H28Cl2N2O3/c1-23(2)18(13-19(24)25)21(23)22(28)27(14-16-7-6-12-29-16)15-17-8-9-20(30-17)26-10-4-3-5-11-26/h6-9,12-13,18,21H,3-5,10-11,14-15H2,1-2H3. The van der Waals surface area contributed by atoms with Crippen LogP contribution in [0, 0.1) is 17.3 Å². The van der Waals surface area contributed by atoms with E-state index in [0.29, 0.717) is 13.1 Å². The Kier molecular flexibility index (Phi) is 6.21. The average Bonchev–Trinajstić information content (AvgIpc) is 3.18. The number of halogens is 2. The third-order valence-corrected chi connectivity index (χ3v) is 6.63. The number of anilines is 1. The van der Waals surface area contributed by atoms with Gasteiger partial charge in [-0.25, -0.2) is 0 Å². The number of hydrogen-bond donors (Lipinski definition) is 0. The van der Waals surface area contributed by atoms with E-state index in [2.05, 4.69) is 18.7 Å². The van der Waals surface area contributed by atoms with Crippen LogP contribution in [0.2, 0.25) is 0 Å². The summed E-state index contributed by atoms with van der Waals surface area (Å²) in [6, 6.07) is 7.69. The maximum absolute atomic E-state index is 13.5. The molecule has 2 aliphatic rings. The number of allylic oxidation sites excluding steroid dienone is 1. The van der Waals surface area contributed by atoms with E-state index in [-0.39, 0.29) is 27.6 Å². The van der Waals surface area contributed by atoms with Crippen molar-refractivity contribution >= 4 is 35.0 Å². The second-order valence-corrected chi connectivity index (χ2v) is 9.85. The van der Waals surface area contributed by atoms with Gasteiger partial charge in [0.1, 0.15) is 16.0 Å². The molecule has 1 saturated heterocycles. The topological polar surface area (TPSA) is 49.8 Å². The van der Waals surface area contributed by atoms with Crippen LogP contribution in [0.15, 0.2) is 49.9 Å². The molecule has 4 rings (SSSR count). The van der Waals surface area contributed by atoms with Crippen LogP contribution in [-0.4, -0.2) is 23.9 Å². The molecule has 2 unspecified atom stereocenters. The summed E-state index contributed by atoms with van der Waals surface area (Å²) in [5.74, 6) is 2.31. The van der Waals surface area contributed by atoms with Crippen molar-refractivity contribution in [3.8, 4) is 0 Å². The van der Waals surface area contributed by atoms with Crippen molar-refractivity contribution in [1.29, 1.82) is 0 Å². The molecule has 7 heteroatoms. The van der Waals surface area contributed by atoms with Gasteiger partial charge in [-0.15, -0.1) is 0 Å². The maximum Gasteiger partial charge on any atom is 0.227 e. The van der Waals surface area contributed by atoms with Gasteiger partial charge < -0.3 is 18.6 Å². The van der Waals surface area contributed by atoms with Gasteiger partial charge in [0.05, 0.1) is 25.3 Å². The number of carbonyl (C=O) groups excluding carboxylic acids is 1. The molecule has 2 fully saturated rings. The van der Waals surface area contributed by atoms with Crippen molar-refractivity contribution in [1.82, 2.24) is 4.90 Å². The van der Waals surface area contributed by atoms with Crippen LogP contribution in [0.4, 0.5) is 5.88 Å². The van der Waals surface area contributed by atoms with Crippen LogP contribution < -0.4 is 4.90 Å². The zero-order chi connectivity index (χ0) is 21.3. The molecule has 1 aliphatic carbocycles. The molecule has 2 aromatic heterocycles. The molecule has 162 valence electrons. The van der Waals surface area contributed by atoms with Gasteiger partial charge in [-0.1, -0.05) is 37.0 Å². The lowest BCUT2D eigenvalue weighted by atomic mass is 10.1. The fourth-order valence-corrected chi connectivity index (χ4v) is 4.79. The first-order valence-electron chi connectivity index (χ1n) is 10.5. The second-order valence-electron chi connectivity index (χ2n) is 8.84. The van der Waals surface area contributed by atoms with Crippen LogP contribution in [0.25, 0.3) is 0 Å². The number of furan rings is 2. The lowest BCUT2D eigenvalue weighted by Crippen LogP contribution is -2.32. The lowest BCUT2D eigenvalue weighted by Gasteiger charge is -2.26. The fourth-order valence-electron chi connectivity index (χ4n) is 4.52. The average molecular weight is 451 g/mol. The van der Waals surface area contributed by atoms with Crippen LogP contribution in [0.3, 0.4) is 0 Å². The highest BCUT2D eigenvalue weighted by Crippen LogP contribution is 2.60. The summed E-state index contributed by atoms with van der Waals surface area (Å²) >= 11 is 11.8. The number of carbonyl (C=O) groups is 1. The van der Waals surface area contributed by atoms with Gasteiger partial charge in [-0.3, -0.25) is 4.79 Å². The molecule has 3 heterocycles. The summed E-state index contributed by atoms with van der Waals surface area (Å²) in [7, 11) is 0. The van der Waals surface area contributed by atoms with Gasteiger partial charge >= 0.3 is 0 Å². The summed E-state index contributed by atoms with van der Waals surface area (Å²) in [5.41, 5.74) is -0.185. The van der Waals surface area contributed by atoms with Crippen LogP contribution in [0.1, 0.15) is 44.6 Å². The first-order chi connectivity index (χ1) is 14.4. The zero-order valence-electron chi connectivity index (χ0n) is 17.4. The molecule has 1 aliphatic heterocycles. The maximum atomic E-state index is 13.5. The number of hydrogen-bond acceptors (Lipinski definition) is 4. The molecule has 2 atom stereocenters. The summed E-state index contributed by atoms with van der Waals surface area (Å²) in [6.07, 6.45) is 7.05. The lowest BCUT2D eigenvalue weighted by molar-refractivity contribution is -0.135. The second kappa shape index (κ2) is 8.72. The van der Waals surface area contributed by atoms with E-state index in [4.69, 9.17) is 32.0 Å². The molecule has 0 bridgehead atoms. The van der Waals surface area contributed by atoms with Gasteiger partial charge in [0.25, 0.3) is 0 Å². The minimum atomic E-state index is -0.185. The number of rotatable bonds is 7. The molecule has 0 radical (unpaired) electrons. The first-order valence-corrected chi connectivity index (χ1v) is 11.3. The first kappa shape index (κ1) is 21.4. The normalized spacial score (nSPS) is 22.6. The van der Waals surface area contributed by atoms with E-state index in [0.717, 1.165) is 30.5 Å². The Morgan fingerprint density at radius 3 is 2.57 bits per heavy atom. The largest absolute Gasteiger partial charge is 0.467 e. The minimum absolute atomic E-state index is 0.0228. The molecule has 0 spiro atoms. The summed E-state index contributed by atoms with van der Waals surface area (Å²) in [6.45, 7) is 6.96. The van der Waals surface area contributed by atoms with E-state index >= 15 is 0 Å². The van der Waals surface area contributed by atoms with Crippen molar-refractivity contribution in [3.63, 3.8) is 0 Å².